The zero-order valence-corrected chi connectivity index (χ0v) is 17.7. The standard InChI is InChI=1S/C26H19NO6/c1-31-20-8-3-16(4-9-20)22-13-18-12-17(5-10-21(18)26(30)33-22)25(29)27-19-7-2-15-6-11-24(28)32-23(15)14-19/h2-12,14,22H,13H2,1H3,(H,27,29)/t22-/m0/s1. The largest absolute Gasteiger partial charge is 0.497 e. The number of hydrogen-bond acceptors (Lipinski definition) is 6. The van der Waals surface area contributed by atoms with E-state index in [4.69, 9.17) is 13.9 Å². The molecule has 0 fully saturated rings. The van der Waals surface area contributed by atoms with Crippen molar-refractivity contribution in [3.05, 3.63) is 105 Å². The van der Waals surface area contributed by atoms with Gasteiger partial charge >= 0.3 is 11.6 Å². The van der Waals surface area contributed by atoms with Gasteiger partial charge in [-0.2, -0.15) is 0 Å². The van der Waals surface area contributed by atoms with Crippen LogP contribution in [0.5, 0.6) is 5.75 Å². The van der Waals surface area contributed by atoms with Gasteiger partial charge in [0, 0.05) is 35.2 Å². The SMILES string of the molecule is COc1ccc([C@@H]2Cc3cc(C(=O)Nc4ccc5ccc(=O)oc5c4)ccc3C(=O)O2)cc1. The molecule has 7 nitrogen and oxygen atoms in total. The summed E-state index contributed by atoms with van der Waals surface area (Å²) in [4.78, 5) is 36.9. The van der Waals surface area contributed by atoms with Crippen LogP contribution in [-0.2, 0) is 11.2 Å². The van der Waals surface area contributed by atoms with Crippen LogP contribution in [-0.4, -0.2) is 19.0 Å². The number of ether oxygens (including phenoxy) is 2. The van der Waals surface area contributed by atoms with Crippen LogP contribution in [0.25, 0.3) is 11.0 Å². The average molecular weight is 441 g/mol. The Morgan fingerprint density at radius 2 is 1.76 bits per heavy atom. The molecule has 0 bridgehead atoms. The Bertz CT molecular complexity index is 1440. The number of anilines is 1. The fourth-order valence-electron chi connectivity index (χ4n) is 3.88. The van der Waals surface area contributed by atoms with Gasteiger partial charge in [-0.3, -0.25) is 4.79 Å². The molecule has 1 amide bonds. The Labute approximate surface area is 188 Å². The lowest BCUT2D eigenvalue weighted by molar-refractivity contribution is 0.0252. The first-order chi connectivity index (χ1) is 16.0. The first-order valence-corrected chi connectivity index (χ1v) is 10.3. The van der Waals surface area contributed by atoms with E-state index in [1.807, 2.05) is 24.3 Å². The zero-order chi connectivity index (χ0) is 22.9. The van der Waals surface area contributed by atoms with Crippen molar-refractivity contribution in [2.45, 2.75) is 12.5 Å². The van der Waals surface area contributed by atoms with Gasteiger partial charge in [-0.15, -0.1) is 0 Å². The molecular formula is C26H19NO6. The van der Waals surface area contributed by atoms with Gasteiger partial charge < -0.3 is 19.2 Å². The Kier molecular flexibility index (Phi) is 5.14. The number of carbonyl (C=O) groups excluding carboxylic acids is 2. The second kappa shape index (κ2) is 8.27. The number of nitrogens with one attached hydrogen (secondary N) is 1. The average Bonchev–Trinajstić information content (AvgIpc) is 2.83. The van der Waals surface area contributed by atoms with Gasteiger partial charge in [0.05, 0.1) is 12.7 Å². The third-order valence-electron chi connectivity index (χ3n) is 5.61. The normalized spacial score (nSPS) is 14.9. The van der Waals surface area contributed by atoms with E-state index >= 15 is 0 Å². The van der Waals surface area contributed by atoms with Crippen molar-refractivity contribution in [1.82, 2.24) is 0 Å². The monoisotopic (exact) mass is 441 g/mol. The van der Waals surface area contributed by atoms with Gasteiger partial charge in [0.15, 0.2) is 0 Å². The molecule has 5 rings (SSSR count). The van der Waals surface area contributed by atoms with Crippen LogP contribution in [0.2, 0.25) is 0 Å². The summed E-state index contributed by atoms with van der Waals surface area (Å²) in [6.45, 7) is 0. The first kappa shape index (κ1) is 20.5. The van der Waals surface area contributed by atoms with Gasteiger partial charge in [0.2, 0.25) is 0 Å². The minimum absolute atomic E-state index is 0.338. The van der Waals surface area contributed by atoms with Crippen LogP contribution in [0.1, 0.15) is 37.9 Å². The summed E-state index contributed by atoms with van der Waals surface area (Å²) >= 11 is 0. The molecule has 0 spiro atoms. The van der Waals surface area contributed by atoms with E-state index in [1.54, 1.807) is 49.6 Å². The summed E-state index contributed by atoms with van der Waals surface area (Å²) in [5.74, 6) is -0.0443. The lowest BCUT2D eigenvalue weighted by atomic mass is 9.93. The first-order valence-electron chi connectivity index (χ1n) is 10.3. The molecule has 33 heavy (non-hydrogen) atoms. The third kappa shape index (κ3) is 4.08. The Balaban J connectivity index is 1.39. The number of esters is 1. The van der Waals surface area contributed by atoms with Gasteiger partial charge in [0.25, 0.3) is 5.91 Å². The molecule has 3 aromatic carbocycles. The summed E-state index contributed by atoms with van der Waals surface area (Å²) in [6, 6.07) is 20.3. The van der Waals surface area contributed by atoms with Crippen LogP contribution >= 0.6 is 0 Å². The molecular weight excluding hydrogens is 422 g/mol. The minimum atomic E-state index is -0.459. The van der Waals surface area contributed by atoms with E-state index in [0.29, 0.717) is 34.6 Å². The molecule has 1 aromatic heterocycles. The number of hydrogen-bond donors (Lipinski definition) is 1. The lowest BCUT2D eigenvalue weighted by Crippen LogP contribution is -2.23. The number of methoxy groups -OCH3 is 1. The van der Waals surface area contributed by atoms with Crippen molar-refractivity contribution in [2.24, 2.45) is 0 Å². The molecule has 1 atom stereocenters. The molecule has 7 heteroatoms. The molecule has 1 aliphatic rings. The second-order valence-electron chi connectivity index (χ2n) is 7.70. The number of carbonyl (C=O) groups is 2. The highest BCUT2D eigenvalue weighted by Crippen LogP contribution is 2.32. The summed E-state index contributed by atoms with van der Waals surface area (Å²) in [7, 11) is 1.59. The van der Waals surface area contributed by atoms with Crippen molar-refractivity contribution in [3.8, 4) is 5.75 Å². The maximum Gasteiger partial charge on any atom is 0.339 e. The van der Waals surface area contributed by atoms with Crippen LogP contribution in [0.3, 0.4) is 0 Å². The highest BCUT2D eigenvalue weighted by atomic mass is 16.5. The second-order valence-corrected chi connectivity index (χ2v) is 7.70. The van der Waals surface area contributed by atoms with Crippen molar-refractivity contribution < 1.29 is 23.5 Å². The zero-order valence-electron chi connectivity index (χ0n) is 17.7. The van der Waals surface area contributed by atoms with E-state index in [-0.39, 0.29) is 5.91 Å². The maximum absolute atomic E-state index is 12.9. The van der Waals surface area contributed by atoms with Crippen molar-refractivity contribution in [1.29, 1.82) is 0 Å². The topological polar surface area (TPSA) is 94.8 Å². The molecule has 0 aliphatic carbocycles. The quantitative estimate of drug-likeness (QED) is 0.370. The highest BCUT2D eigenvalue weighted by Gasteiger charge is 2.28. The summed E-state index contributed by atoms with van der Waals surface area (Å²) in [5, 5.41) is 3.57. The summed E-state index contributed by atoms with van der Waals surface area (Å²) in [5.41, 5.74) is 2.87. The molecule has 1 N–H and O–H groups in total. The number of fused-ring (bicyclic) bond motifs is 2. The van der Waals surface area contributed by atoms with Crippen LogP contribution in [0, 0.1) is 0 Å². The molecule has 4 aromatic rings. The van der Waals surface area contributed by atoms with Gasteiger partial charge in [-0.1, -0.05) is 12.1 Å². The Morgan fingerprint density at radius 3 is 2.55 bits per heavy atom. The summed E-state index contributed by atoms with van der Waals surface area (Å²) in [6.07, 6.45) is 0.00736. The predicted octanol–water partition coefficient (Wildman–Crippen LogP) is 4.51. The van der Waals surface area contributed by atoms with Crippen LogP contribution < -0.4 is 15.7 Å². The van der Waals surface area contributed by atoms with Gasteiger partial charge in [-0.25, -0.2) is 9.59 Å². The molecule has 2 heterocycles. The number of amides is 1. The van der Waals surface area contributed by atoms with Gasteiger partial charge in [0.1, 0.15) is 17.4 Å². The molecule has 0 unspecified atom stereocenters. The van der Waals surface area contributed by atoms with E-state index in [2.05, 4.69) is 5.32 Å². The fraction of sp³-hybridized carbons (Fsp3) is 0.115. The molecule has 0 saturated heterocycles. The highest BCUT2D eigenvalue weighted by molar-refractivity contribution is 6.06. The molecule has 164 valence electrons. The summed E-state index contributed by atoms with van der Waals surface area (Å²) < 4.78 is 16.0. The van der Waals surface area contributed by atoms with E-state index in [1.165, 1.54) is 6.07 Å². The fourth-order valence-corrected chi connectivity index (χ4v) is 3.88. The van der Waals surface area contributed by atoms with Crippen molar-refractivity contribution in [2.75, 3.05) is 12.4 Å². The van der Waals surface area contributed by atoms with Gasteiger partial charge in [-0.05, 0) is 59.7 Å². The smallest absolute Gasteiger partial charge is 0.339 e. The Hall–Kier alpha value is -4.39. The number of cyclic esters (lactones) is 1. The van der Waals surface area contributed by atoms with Crippen LogP contribution in [0.4, 0.5) is 5.69 Å². The van der Waals surface area contributed by atoms with Crippen LogP contribution in [0.15, 0.2) is 82.0 Å². The molecule has 1 aliphatic heterocycles. The Morgan fingerprint density at radius 1 is 0.970 bits per heavy atom. The van der Waals surface area contributed by atoms with E-state index < -0.39 is 17.7 Å². The van der Waals surface area contributed by atoms with E-state index in [0.717, 1.165) is 16.5 Å². The minimum Gasteiger partial charge on any atom is -0.497 e. The molecule has 0 radical (unpaired) electrons. The van der Waals surface area contributed by atoms with E-state index in [9.17, 15) is 14.4 Å². The molecule has 0 saturated carbocycles. The number of benzene rings is 3. The van der Waals surface area contributed by atoms with Crippen molar-refractivity contribution in [3.63, 3.8) is 0 Å². The number of rotatable bonds is 4. The van der Waals surface area contributed by atoms with Crippen molar-refractivity contribution >= 4 is 28.5 Å². The predicted molar refractivity (Wildman–Crippen MR) is 122 cm³/mol. The maximum atomic E-state index is 12.9. The third-order valence-corrected chi connectivity index (χ3v) is 5.61. The lowest BCUT2D eigenvalue weighted by Gasteiger charge is -2.25.